The Labute approximate surface area is 137 Å². The summed E-state index contributed by atoms with van der Waals surface area (Å²) in [5.74, 6) is 3.82. The molecule has 1 saturated heterocycles. The summed E-state index contributed by atoms with van der Waals surface area (Å²) in [4.78, 5) is 7.07. The molecular weight excluding hydrogens is 296 g/mol. The van der Waals surface area contributed by atoms with Gasteiger partial charge in [0.1, 0.15) is 12.4 Å². The van der Waals surface area contributed by atoms with Gasteiger partial charge >= 0.3 is 0 Å². The highest BCUT2D eigenvalue weighted by Crippen LogP contribution is 2.29. The van der Waals surface area contributed by atoms with E-state index >= 15 is 0 Å². The Kier molecular flexibility index (Phi) is 5.50. The molecule has 0 amide bonds. The number of nitrogens with zero attached hydrogens (tertiary/aromatic N) is 5. The number of rotatable bonds is 4. The third kappa shape index (κ3) is 4.25. The summed E-state index contributed by atoms with van der Waals surface area (Å²) in [5.41, 5.74) is 0. The molecule has 1 N–H and O–H groups in total. The van der Waals surface area contributed by atoms with Gasteiger partial charge in [0.05, 0.1) is 0 Å². The zero-order valence-electron chi connectivity index (χ0n) is 14.0. The van der Waals surface area contributed by atoms with Crippen LogP contribution in [0.25, 0.3) is 0 Å². The minimum absolute atomic E-state index is 0.246. The smallest absolute Gasteiger partial charge is 0.194 e. The number of hydrogen-bond donors (Lipinski definition) is 1. The molecule has 0 aromatic carbocycles. The average Bonchev–Trinajstić information content (AvgIpc) is 2.78. The number of guanidine groups is 1. The molecule has 0 saturated carbocycles. The van der Waals surface area contributed by atoms with Gasteiger partial charge in [-0.25, -0.2) is 4.99 Å². The van der Waals surface area contributed by atoms with E-state index in [1.165, 1.54) is 0 Å². The maximum absolute atomic E-state index is 4.75. The molecule has 0 radical (unpaired) electrons. The van der Waals surface area contributed by atoms with Gasteiger partial charge in [0, 0.05) is 37.2 Å². The second-order valence-electron chi connectivity index (χ2n) is 6.06. The van der Waals surface area contributed by atoms with Crippen molar-refractivity contribution in [2.24, 2.45) is 12.0 Å². The minimum atomic E-state index is 0.246. The molecule has 6 nitrogen and oxygen atoms in total. The quantitative estimate of drug-likeness (QED) is 0.518. The summed E-state index contributed by atoms with van der Waals surface area (Å²) in [7, 11) is 1.97. The lowest BCUT2D eigenvalue weighted by Crippen LogP contribution is -2.51. The predicted octanol–water partition coefficient (Wildman–Crippen LogP) is 1.58. The van der Waals surface area contributed by atoms with Crippen LogP contribution in [0, 0.1) is 6.92 Å². The fourth-order valence-corrected chi connectivity index (χ4v) is 3.47. The zero-order chi connectivity index (χ0) is 16.2. The molecule has 122 valence electrons. The van der Waals surface area contributed by atoms with Crippen LogP contribution in [0.15, 0.2) is 17.6 Å². The maximum atomic E-state index is 4.75. The highest BCUT2D eigenvalue weighted by molar-refractivity contribution is 8.00. The van der Waals surface area contributed by atoms with Crippen molar-refractivity contribution in [2.75, 3.05) is 25.4 Å². The Hall–Kier alpha value is -1.50. The molecule has 0 atom stereocenters. The second-order valence-corrected chi connectivity index (χ2v) is 7.86. The number of hydrogen-bond acceptors (Lipinski definition) is 4. The Morgan fingerprint density at radius 1 is 1.50 bits per heavy atom. The van der Waals surface area contributed by atoms with E-state index in [-0.39, 0.29) is 4.75 Å². The fraction of sp³-hybridized carbons (Fsp3) is 0.667. The molecule has 2 heterocycles. The highest BCUT2D eigenvalue weighted by Gasteiger charge is 2.28. The van der Waals surface area contributed by atoms with Gasteiger partial charge in [-0.1, -0.05) is 6.08 Å². The largest absolute Gasteiger partial charge is 0.353 e. The number of aryl methyl sites for hydroxylation is 1. The summed E-state index contributed by atoms with van der Waals surface area (Å²) >= 11 is 2.01. The van der Waals surface area contributed by atoms with Crippen molar-refractivity contribution in [1.29, 1.82) is 0 Å². The first-order valence-corrected chi connectivity index (χ1v) is 8.54. The highest BCUT2D eigenvalue weighted by atomic mass is 32.2. The van der Waals surface area contributed by atoms with Crippen LogP contribution in [0.2, 0.25) is 0 Å². The van der Waals surface area contributed by atoms with Crippen LogP contribution < -0.4 is 5.32 Å². The lowest BCUT2D eigenvalue weighted by atomic mass is 10.2. The molecule has 1 aromatic rings. The van der Waals surface area contributed by atoms with E-state index in [9.17, 15) is 0 Å². The van der Waals surface area contributed by atoms with E-state index in [4.69, 9.17) is 4.99 Å². The van der Waals surface area contributed by atoms with Crippen molar-refractivity contribution in [1.82, 2.24) is 25.0 Å². The Bertz CT molecular complexity index is 548. The Balaban J connectivity index is 2.12. The van der Waals surface area contributed by atoms with E-state index in [2.05, 4.69) is 40.8 Å². The standard InChI is InChI=1S/C15H26N6S/c1-6-7-16-14(21-8-9-22-15(3,4)11-21)17-10-13-19-18-12(2)20(13)5/h6H,1,7-11H2,2-5H3,(H,16,17). The summed E-state index contributed by atoms with van der Waals surface area (Å²) in [6.07, 6.45) is 1.85. The van der Waals surface area contributed by atoms with Crippen molar-refractivity contribution in [2.45, 2.75) is 32.1 Å². The Morgan fingerprint density at radius 3 is 2.86 bits per heavy atom. The minimum Gasteiger partial charge on any atom is -0.353 e. The molecule has 1 aliphatic heterocycles. The van der Waals surface area contributed by atoms with Crippen LogP contribution in [-0.2, 0) is 13.6 Å². The van der Waals surface area contributed by atoms with Crippen molar-refractivity contribution in [3.63, 3.8) is 0 Å². The second kappa shape index (κ2) is 7.17. The molecule has 2 rings (SSSR count). The van der Waals surface area contributed by atoms with Gasteiger partial charge in [-0.2, -0.15) is 11.8 Å². The van der Waals surface area contributed by atoms with E-state index in [0.717, 1.165) is 36.5 Å². The van der Waals surface area contributed by atoms with Gasteiger partial charge in [0.15, 0.2) is 11.8 Å². The van der Waals surface area contributed by atoms with E-state index < -0.39 is 0 Å². The molecule has 0 bridgehead atoms. The summed E-state index contributed by atoms with van der Waals surface area (Å²) in [6, 6.07) is 0. The van der Waals surface area contributed by atoms with E-state index in [1.807, 2.05) is 36.4 Å². The first-order valence-electron chi connectivity index (χ1n) is 7.56. The van der Waals surface area contributed by atoms with Crippen molar-refractivity contribution in [3.8, 4) is 0 Å². The Morgan fingerprint density at radius 2 is 2.27 bits per heavy atom. The fourth-order valence-electron chi connectivity index (χ4n) is 2.36. The van der Waals surface area contributed by atoms with Crippen LogP contribution in [0.5, 0.6) is 0 Å². The molecule has 7 heteroatoms. The molecule has 0 unspecified atom stereocenters. The van der Waals surface area contributed by atoms with Gasteiger partial charge in [0.25, 0.3) is 0 Å². The zero-order valence-corrected chi connectivity index (χ0v) is 14.8. The first kappa shape index (κ1) is 16.9. The molecular formula is C15H26N6S. The molecule has 1 fully saturated rings. The summed E-state index contributed by atoms with van der Waals surface area (Å²) < 4.78 is 2.22. The summed E-state index contributed by atoms with van der Waals surface area (Å²) in [5, 5.41) is 11.6. The lowest BCUT2D eigenvalue weighted by Gasteiger charge is -2.39. The third-order valence-electron chi connectivity index (χ3n) is 3.68. The van der Waals surface area contributed by atoms with Crippen molar-refractivity contribution in [3.05, 3.63) is 24.3 Å². The van der Waals surface area contributed by atoms with Crippen LogP contribution in [0.4, 0.5) is 0 Å². The van der Waals surface area contributed by atoms with Crippen molar-refractivity contribution >= 4 is 17.7 Å². The van der Waals surface area contributed by atoms with E-state index in [0.29, 0.717) is 13.1 Å². The molecule has 0 aliphatic carbocycles. The number of aliphatic imine (C=N–C) groups is 1. The van der Waals surface area contributed by atoms with Gasteiger partial charge < -0.3 is 14.8 Å². The normalized spacial score (nSPS) is 18.4. The number of thioether (sulfide) groups is 1. The SMILES string of the molecule is C=CCNC(=NCc1nnc(C)n1C)N1CCSC(C)(C)C1. The van der Waals surface area contributed by atoms with Gasteiger partial charge in [-0.3, -0.25) is 0 Å². The van der Waals surface area contributed by atoms with Crippen LogP contribution in [0.1, 0.15) is 25.5 Å². The molecule has 22 heavy (non-hydrogen) atoms. The maximum Gasteiger partial charge on any atom is 0.194 e. The first-order chi connectivity index (χ1) is 10.4. The topological polar surface area (TPSA) is 58.3 Å². The van der Waals surface area contributed by atoms with Gasteiger partial charge in [-0.15, -0.1) is 16.8 Å². The van der Waals surface area contributed by atoms with Crippen molar-refractivity contribution < 1.29 is 0 Å². The predicted molar refractivity (Wildman–Crippen MR) is 93.2 cm³/mol. The van der Waals surface area contributed by atoms with Gasteiger partial charge in [-0.05, 0) is 20.8 Å². The average molecular weight is 322 g/mol. The monoisotopic (exact) mass is 322 g/mol. The number of nitrogens with one attached hydrogen (secondary N) is 1. The van der Waals surface area contributed by atoms with Gasteiger partial charge in [0.2, 0.25) is 0 Å². The third-order valence-corrected chi connectivity index (χ3v) is 4.98. The van der Waals surface area contributed by atoms with Crippen LogP contribution in [0.3, 0.4) is 0 Å². The van der Waals surface area contributed by atoms with Crippen LogP contribution in [-0.4, -0.2) is 55.8 Å². The van der Waals surface area contributed by atoms with Crippen LogP contribution >= 0.6 is 11.8 Å². The molecule has 0 spiro atoms. The number of aromatic nitrogens is 3. The molecule has 1 aromatic heterocycles. The molecule has 1 aliphatic rings. The van der Waals surface area contributed by atoms with E-state index in [1.54, 1.807) is 0 Å². The lowest BCUT2D eigenvalue weighted by molar-refractivity contribution is 0.376. The summed E-state index contributed by atoms with van der Waals surface area (Å²) in [6.45, 7) is 13.5.